The molecule has 0 amide bonds. The van der Waals surface area contributed by atoms with Gasteiger partial charge in [-0.25, -0.2) is 4.98 Å². The van der Waals surface area contributed by atoms with Crippen LogP contribution < -0.4 is 0 Å². The third-order valence-electron chi connectivity index (χ3n) is 3.77. The SMILES string of the molecule is Cc1cc(-c2c3ccccc3nc3ccccc23)ccn1. The third-order valence-corrected chi connectivity index (χ3v) is 3.77. The minimum atomic E-state index is 1.03. The normalized spacial score (nSPS) is 11.1. The van der Waals surface area contributed by atoms with E-state index in [-0.39, 0.29) is 0 Å². The van der Waals surface area contributed by atoms with Gasteiger partial charge >= 0.3 is 0 Å². The lowest BCUT2D eigenvalue weighted by Crippen LogP contribution is -1.90. The van der Waals surface area contributed by atoms with E-state index in [0.717, 1.165) is 16.7 Å². The van der Waals surface area contributed by atoms with Crippen LogP contribution in [0.4, 0.5) is 0 Å². The van der Waals surface area contributed by atoms with E-state index >= 15 is 0 Å². The first-order chi connectivity index (χ1) is 10.3. The fourth-order valence-electron chi connectivity index (χ4n) is 2.85. The number of rotatable bonds is 1. The summed E-state index contributed by atoms with van der Waals surface area (Å²) >= 11 is 0. The second-order valence-corrected chi connectivity index (χ2v) is 5.21. The minimum absolute atomic E-state index is 1.03. The number of hydrogen-bond donors (Lipinski definition) is 0. The van der Waals surface area contributed by atoms with Gasteiger partial charge in [0.15, 0.2) is 0 Å². The number of para-hydroxylation sites is 2. The molecule has 4 aromatic rings. The molecule has 2 aromatic heterocycles. The molecule has 4 rings (SSSR count). The Morgan fingerprint density at radius 2 is 1.38 bits per heavy atom. The zero-order chi connectivity index (χ0) is 14.2. The van der Waals surface area contributed by atoms with E-state index in [4.69, 9.17) is 4.98 Å². The van der Waals surface area contributed by atoms with Crippen molar-refractivity contribution in [1.82, 2.24) is 9.97 Å². The highest BCUT2D eigenvalue weighted by atomic mass is 14.7. The quantitative estimate of drug-likeness (QED) is 0.466. The highest BCUT2D eigenvalue weighted by Crippen LogP contribution is 2.34. The number of benzene rings is 2. The van der Waals surface area contributed by atoms with Crippen molar-refractivity contribution in [3.05, 3.63) is 72.6 Å². The Morgan fingerprint density at radius 3 is 2.00 bits per heavy atom. The van der Waals surface area contributed by atoms with E-state index in [0.29, 0.717) is 0 Å². The molecular weight excluding hydrogens is 256 g/mol. The Kier molecular flexibility index (Phi) is 2.68. The second kappa shape index (κ2) is 4.67. The summed E-state index contributed by atoms with van der Waals surface area (Å²) in [5, 5.41) is 2.36. The van der Waals surface area contributed by atoms with E-state index in [9.17, 15) is 0 Å². The standard InChI is InChI=1S/C19H14N2/c1-13-12-14(10-11-20-13)19-15-6-2-4-8-17(15)21-18-9-5-3-7-16(18)19/h2-12H,1H3. The van der Waals surface area contributed by atoms with Gasteiger partial charge in [-0.1, -0.05) is 36.4 Å². The molecule has 2 nitrogen and oxygen atoms in total. The molecular formula is C19H14N2. The molecule has 0 atom stereocenters. The third kappa shape index (κ3) is 1.96. The first-order valence-electron chi connectivity index (χ1n) is 7.03. The van der Waals surface area contributed by atoms with E-state index < -0.39 is 0 Å². The van der Waals surface area contributed by atoms with Gasteiger partial charge in [0.25, 0.3) is 0 Å². The van der Waals surface area contributed by atoms with Gasteiger partial charge in [-0.15, -0.1) is 0 Å². The number of aromatic nitrogens is 2. The van der Waals surface area contributed by atoms with Crippen LogP contribution in [0.3, 0.4) is 0 Å². The molecule has 0 saturated heterocycles. The average Bonchev–Trinajstić information content (AvgIpc) is 2.52. The lowest BCUT2D eigenvalue weighted by molar-refractivity contribution is 1.20. The average molecular weight is 270 g/mol. The lowest BCUT2D eigenvalue weighted by atomic mass is 9.96. The molecule has 0 aliphatic rings. The van der Waals surface area contributed by atoms with Gasteiger partial charge in [-0.2, -0.15) is 0 Å². The summed E-state index contributed by atoms with van der Waals surface area (Å²) in [6, 6.07) is 20.8. The monoisotopic (exact) mass is 270 g/mol. The van der Waals surface area contributed by atoms with Crippen molar-refractivity contribution >= 4 is 21.8 Å². The van der Waals surface area contributed by atoms with Gasteiger partial charge in [-0.3, -0.25) is 4.98 Å². The lowest BCUT2D eigenvalue weighted by Gasteiger charge is -2.11. The fourth-order valence-corrected chi connectivity index (χ4v) is 2.85. The van der Waals surface area contributed by atoms with Gasteiger partial charge in [0.05, 0.1) is 11.0 Å². The first kappa shape index (κ1) is 12.0. The zero-order valence-electron chi connectivity index (χ0n) is 11.7. The van der Waals surface area contributed by atoms with Crippen molar-refractivity contribution in [2.24, 2.45) is 0 Å². The molecule has 2 heterocycles. The van der Waals surface area contributed by atoms with E-state index in [1.165, 1.54) is 21.9 Å². The molecule has 21 heavy (non-hydrogen) atoms. The van der Waals surface area contributed by atoms with E-state index in [1.807, 2.05) is 25.3 Å². The van der Waals surface area contributed by atoms with Crippen LogP contribution in [0.1, 0.15) is 5.69 Å². The predicted octanol–water partition coefficient (Wildman–Crippen LogP) is 4.76. The number of pyridine rings is 2. The Morgan fingerprint density at radius 1 is 0.762 bits per heavy atom. The summed E-state index contributed by atoms with van der Waals surface area (Å²) in [6.45, 7) is 2.02. The molecule has 0 bridgehead atoms. The molecule has 0 saturated carbocycles. The van der Waals surface area contributed by atoms with Crippen LogP contribution in [0, 0.1) is 6.92 Å². The van der Waals surface area contributed by atoms with Crippen LogP contribution in [0.15, 0.2) is 66.9 Å². The van der Waals surface area contributed by atoms with Crippen molar-refractivity contribution in [1.29, 1.82) is 0 Å². The Balaban J connectivity index is 2.21. The maximum absolute atomic E-state index is 4.77. The topological polar surface area (TPSA) is 25.8 Å². The molecule has 2 heteroatoms. The summed E-state index contributed by atoms with van der Waals surface area (Å²) in [4.78, 5) is 9.08. The number of hydrogen-bond acceptors (Lipinski definition) is 2. The maximum atomic E-state index is 4.77. The predicted molar refractivity (Wildman–Crippen MR) is 87.2 cm³/mol. The van der Waals surface area contributed by atoms with Crippen molar-refractivity contribution in [3.63, 3.8) is 0 Å². The highest BCUT2D eigenvalue weighted by molar-refractivity contribution is 6.09. The van der Waals surface area contributed by atoms with Crippen LogP contribution in [-0.4, -0.2) is 9.97 Å². The van der Waals surface area contributed by atoms with Crippen LogP contribution in [0.2, 0.25) is 0 Å². The number of nitrogens with zero attached hydrogens (tertiary/aromatic N) is 2. The smallest absolute Gasteiger partial charge is 0.0715 e. The largest absolute Gasteiger partial charge is 0.262 e. The zero-order valence-corrected chi connectivity index (χ0v) is 11.7. The molecule has 0 spiro atoms. The summed E-state index contributed by atoms with van der Waals surface area (Å²) in [5.74, 6) is 0. The minimum Gasteiger partial charge on any atom is -0.262 e. The molecule has 0 radical (unpaired) electrons. The molecule has 0 aliphatic carbocycles. The van der Waals surface area contributed by atoms with Crippen molar-refractivity contribution in [3.8, 4) is 11.1 Å². The highest BCUT2D eigenvalue weighted by Gasteiger charge is 2.10. The first-order valence-corrected chi connectivity index (χ1v) is 7.03. The van der Waals surface area contributed by atoms with Crippen LogP contribution >= 0.6 is 0 Å². The Labute approximate surface area is 123 Å². The van der Waals surface area contributed by atoms with Crippen LogP contribution in [0.5, 0.6) is 0 Å². The number of aryl methyl sites for hydroxylation is 1. The molecule has 2 aromatic carbocycles. The van der Waals surface area contributed by atoms with Gasteiger partial charge in [0, 0.05) is 28.2 Å². The molecule has 0 N–H and O–H groups in total. The summed E-state index contributed by atoms with van der Waals surface area (Å²) in [7, 11) is 0. The second-order valence-electron chi connectivity index (χ2n) is 5.21. The van der Waals surface area contributed by atoms with Crippen molar-refractivity contribution in [2.45, 2.75) is 6.92 Å². The van der Waals surface area contributed by atoms with E-state index in [1.54, 1.807) is 0 Å². The number of fused-ring (bicyclic) bond motifs is 2. The van der Waals surface area contributed by atoms with Gasteiger partial charge in [0.2, 0.25) is 0 Å². The Hall–Kier alpha value is -2.74. The van der Waals surface area contributed by atoms with E-state index in [2.05, 4.69) is 53.5 Å². The molecule has 0 unspecified atom stereocenters. The van der Waals surface area contributed by atoms with Crippen molar-refractivity contribution < 1.29 is 0 Å². The van der Waals surface area contributed by atoms with Gasteiger partial charge in [0.1, 0.15) is 0 Å². The van der Waals surface area contributed by atoms with Gasteiger partial charge < -0.3 is 0 Å². The molecule has 100 valence electrons. The van der Waals surface area contributed by atoms with Crippen molar-refractivity contribution in [2.75, 3.05) is 0 Å². The van der Waals surface area contributed by atoms with Crippen LogP contribution in [0.25, 0.3) is 32.9 Å². The summed E-state index contributed by atoms with van der Waals surface area (Å²) in [6.07, 6.45) is 1.87. The fraction of sp³-hybridized carbons (Fsp3) is 0.0526. The Bertz CT molecular complexity index is 904. The molecule has 0 fully saturated rings. The molecule has 0 aliphatic heterocycles. The van der Waals surface area contributed by atoms with Crippen LogP contribution in [-0.2, 0) is 0 Å². The summed E-state index contributed by atoms with van der Waals surface area (Å²) in [5.41, 5.74) is 5.51. The summed E-state index contributed by atoms with van der Waals surface area (Å²) < 4.78 is 0. The maximum Gasteiger partial charge on any atom is 0.0715 e. The van der Waals surface area contributed by atoms with Gasteiger partial charge in [-0.05, 0) is 36.8 Å².